The Morgan fingerprint density at radius 1 is 1.12 bits per heavy atom. The van der Waals surface area contributed by atoms with E-state index in [9.17, 15) is 14.4 Å². The maximum Gasteiger partial charge on any atom is 0.321 e. The number of rotatable bonds is 7. The quantitative estimate of drug-likeness (QED) is 0.741. The van der Waals surface area contributed by atoms with Crippen molar-refractivity contribution in [1.29, 1.82) is 0 Å². The molecule has 7 heteroatoms. The normalized spacial score (nSPS) is 11.5. The van der Waals surface area contributed by atoms with Crippen molar-refractivity contribution in [2.24, 2.45) is 0 Å². The third-order valence-electron chi connectivity index (χ3n) is 3.12. The van der Waals surface area contributed by atoms with E-state index < -0.39 is 24.0 Å². The van der Waals surface area contributed by atoms with Gasteiger partial charge in [-0.3, -0.25) is 14.9 Å². The number of esters is 1. The van der Waals surface area contributed by atoms with Crippen LogP contribution in [0.4, 0.5) is 4.79 Å². The maximum absolute atomic E-state index is 11.9. The second-order valence-corrected chi connectivity index (χ2v) is 5.56. The summed E-state index contributed by atoms with van der Waals surface area (Å²) in [5.41, 5.74) is 0.880. The van der Waals surface area contributed by atoms with Crippen LogP contribution in [0.3, 0.4) is 0 Å². The Kier molecular flexibility index (Phi) is 7.74. The fourth-order valence-electron chi connectivity index (χ4n) is 1.97. The standard InChI is InChI=1S/C17H24N2O5/c1-11(2)18-17(22)19-16(21)12(3)24-15(20)10-9-13-7-5-6-8-14(13)23-4/h5-8,11-12H,9-10H2,1-4H3,(H2,18,19,21,22)/t12-/m0/s1. The molecule has 0 aromatic heterocycles. The molecule has 0 aliphatic carbocycles. The fraction of sp³-hybridized carbons (Fsp3) is 0.471. The lowest BCUT2D eigenvalue weighted by Gasteiger charge is -2.14. The number of aryl methyl sites for hydroxylation is 1. The van der Waals surface area contributed by atoms with Gasteiger partial charge in [0.05, 0.1) is 7.11 Å². The van der Waals surface area contributed by atoms with Crippen molar-refractivity contribution < 1.29 is 23.9 Å². The summed E-state index contributed by atoms with van der Waals surface area (Å²) < 4.78 is 10.3. The molecule has 0 aliphatic rings. The zero-order valence-corrected chi connectivity index (χ0v) is 14.4. The Morgan fingerprint density at radius 2 is 1.79 bits per heavy atom. The molecule has 0 radical (unpaired) electrons. The van der Waals surface area contributed by atoms with E-state index in [0.29, 0.717) is 12.2 Å². The Balaban J connectivity index is 2.43. The second kappa shape index (κ2) is 9.54. The van der Waals surface area contributed by atoms with Crippen LogP contribution in [0, 0.1) is 0 Å². The SMILES string of the molecule is COc1ccccc1CCC(=O)O[C@@H](C)C(=O)NC(=O)NC(C)C. The molecule has 0 saturated heterocycles. The largest absolute Gasteiger partial charge is 0.496 e. The van der Waals surface area contributed by atoms with Crippen molar-refractivity contribution in [2.45, 2.75) is 45.8 Å². The predicted octanol–water partition coefficient (Wildman–Crippen LogP) is 1.79. The first kappa shape index (κ1) is 19.5. The number of urea groups is 1. The van der Waals surface area contributed by atoms with Gasteiger partial charge in [-0.05, 0) is 38.8 Å². The highest BCUT2D eigenvalue weighted by Crippen LogP contribution is 2.19. The minimum absolute atomic E-state index is 0.100. The van der Waals surface area contributed by atoms with E-state index >= 15 is 0 Å². The monoisotopic (exact) mass is 336 g/mol. The lowest BCUT2D eigenvalue weighted by Crippen LogP contribution is -2.46. The Morgan fingerprint density at radius 3 is 2.42 bits per heavy atom. The highest BCUT2D eigenvalue weighted by Gasteiger charge is 2.20. The van der Waals surface area contributed by atoms with E-state index in [1.807, 2.05) is 24.3 Å². The van der Waals surface area contributed by atoms with Crippen molar-refractivity contribution in [1.82, 2.24) is 10.6 Å². The van der Waals surface area contributed by atoms with E-state index in [-0.39, 0.29) is 12.5 Å². The van der Waals surface area contributed by atoms with Gasteiger partial charge in [-0.25, -0.2) is 4.79 Å². The molecule has 3 amide bonds. The first-order chi connectivity index (χ1) is 11.3. The lowest BCUT2D eigenvalue weighted by atomic mass is 10.1. The fourth-order valence-corrected chi connectivity index (χ4v) is 1.97. The number of carbonyl (C=O) groups excluding carboxylic acids is 3. The topological polar surface area (TPSA) is 93.7 Å². The minimum atomic E-state index is -1.05. The number of methoxy groups -OCH3 is 1. The van der Waals surface area contributed by atoms with Gasteiger partial charge >= 0.3 is 12.0 Å². The van der Waals surface area contributed by atoms with Gasteiger partial charge in [-0.1, -0.05) is 18.2 Å². The summed E-state index contributed by atoms with van der Waals surface area (Å²) in [6, 6.07) is 6.65. The summed E-state index contributed by atoms with van der Waals surface area (Å²) in [6.07, 6.45) is -0.505. The van der Waals surface area contributed by atoms with Crippen LogP contribution in [-0.4, -0.2) is 37.2 Å². The van der Waals surface area contributed by atoms with E-state index in [4.69, 9.17) is 9.47 Å². The van der Waals surface area contributed by atoms with Crippen LogP contribution in [0.5, 0.6) is 5.75 Å². The van der Waals surface area contributed by atoms with E-state index in [1.165, 1.54) is 6.92 Å². The molecule has 2 N–H and O–H groups in total. The Labute approximate surface area is 141 Å². The van der Waals surface area contributed by atoms with Crippen LogP contribution in [0.15, 0.2) is 24.3 Å². The molecular formula is C17H24N2O5. The van der Waals surface area contributed by atoms with Crippen molar-refractivity contribution in [3.63, 3.8) is 0 Å². The Bertz CT molecular complexity index is 586. The van der Waals surface area contributed by atoms with Gasteiger partial charge in [0.25, 0.3) is 5.91 Å². The summed E-state index contributed by atoms with van der Waals surface area (Å²) in [6.45, 7) is 4.95. The molecule has 1 aromatic carbocycles. The molecule has 0 spiro atoms. The van der Waals surface area contributed by atoms with Gasteiger partial charge in [0.1, 0.15) is 5.75 Å². The van der Waals surface area contributed by atoms with Crippen LogP contribution < -0.4 is 15.4 Å². The van der Waals surface area contributed by atoms with Gasteiger partial charge in [0, 0.05) is 12.5 Å². The van der Waals surface area contributed by atoms with Crippen molar-refractivity contribution >= 4 is 17.9 Å². The molecule has 0 bridgehead atoms. The number of hydrogen-bond acceptors (Lipinski definition) is 5. The third-order valence-corrected chi connectivity index (χ3v) is 3.12. The summed E-state index contributed by atoms with van der Waals surface area (Å²) in [5, 5.41) is 4.64. The smallest absolute Gasteiger partial charge is 0.321 e. The van der Waals surface area contributed by atoms with Crippen molar-refractivity contribution in [3.05, 3.63) is 29.8 Å². The van der Waals surface area contributed by atoms with E-state index in [1.54, 1.807) is 21.0 Å². The van der Waals surface area contributed by atoms with Gasteiger partial charge in [0.15, 0.2) is 6.10 Å². The van der Waals surface area contributed by atoms with E-state index in [2.05, 4.69) is 10.6 Å². The summed E-state index contributed by atoms with van der Waals surface area (Å²) >= 11 is 0. The average Bonchev–Trinajstić information content (AvgIpc) is 2.52. The second-order valence-electron chi connectivity index (χ2n) is 5.56. The number of hydrogen-bond donors (Lipinski definition) is 2. The number of para-hydroxylation sites is 1. The molecule has 1 atom stereocenters. The van der Waals surface area contributed by atoms with Crippen molar-refractivity contribution in [2.75, 3.05) is 7.11 Å². The molecule has 1 rings (SSSR count). The molecule has 0 saturated carbocycles. The third kappa shape index (κ3) is 6.68. The highest BCUT2D eigenvalue weighted by molar-refractivity contribution is 5.97. The van der Waals surface area contributed by atoms with Gasteiger partial charge < -0.3 is 14.8 Å². The highest BCUT2D eigenvalue weighted by atomic mass is 16.5. The van der Waals surface area contributed by atoms with Crippen LogP contribution in [-0.2, 0) is 20.7 Å². The zero-order valence-electron chi connectivity index (χ0n) is 14.4. The Hall–Kier alpha value is -2.57. The average molecular weight is 336 g/mol. The molecule has 0 aliphatic heterocycles. The summed E-state index contributed by atoms with van der Waals surface area (Å²) in [4.78, 5) is 35.1. The summed E-state index contributed by atoms with van der Waals surface area (Å²) in [7, 11) is 1.56. The number of ether oxygens (including phenoxy) is 2. The number of benzene rings is 1. The molecule has 7 nitrogen and oxygen atoms in total. The lowest BCUT2D eigenvalue weighted by molar-refractivity contribution is -0.154. The predicted molar refractivity (Wildman–Crippen MR) is 88.7 cm³/mol. The van der Waals surface area contributed by atoms with Gasteiger partial charge in [-0.2, -0.15) is 0 Å². The van der Waals surface area contributed by atoms with Crippen LogP contribution in [0.2, 0.25) is 0 Å². The van der Waals surface area contributed by atoms with Crippen molar-refractivity contribution in [3.8, 4) is 5.75 Å². The van der Waals surface area contributed by atoms with Gasteiger partial charge in [-0.15, -0.1) is 0 Å². The van der Waals surface area contributed by atoms with Gasteiger partial charge in [0.2, 0.25) is 0 Å². The molecule has 132 valence electrons. The number of imide groups is 1. The number of carbonyl (C=O) groups is 3. The number of nitrogens with one attached hydrogen (secondary N) is 2. The van der Waals surface area contributed by atoms with Crippen LogP contribution in [0.1, 0.15) is 32.8 Å². The first-order valence-corrected chi connectivity index (χ1v) is 7.76. The summed E-state index contributed by atoms with van der Waals surface area (Å²) in [5.74, 6) is -0.493. The molecule has 24 heavy (non-hydrogen) atoms. The maximum atomic E-state index is 11.9. The molecule has 0 unspecified atom stereocenters. The minimum Gasteiger partial charge on any atom is -0.496 e. The zero-order chi connectivity index (χ0) is 18.1. The molecular weight excluding hydrogens is 312 g/mol. The number of amides is 3. The van der Waals surface area contributed by atoms with Crippen LogP contribution >= 0.6 is 0 Å². The molecule has 0 heterocycles. The first-order valence-electron chi connectivity index (χ1n) is 7.76. The van der Waals surface area contributed by atoms with E-state index in [0.717, 1.165) is 5.56 Å². The van der Waals surface area contributed by atoms with Crippen LogP contribution in [0.25, 0.3) is 0 Å². The molecule has 1 aromatic rings. The molecule has 0 fully saturated rings.